The summed E-state index contributed by atoms with van der Waals surface area (Å²) in [5.74, 6) is -0.793. The molecule has 1 heterocycles. The highest BCUT2D eigenvalue weighted by atomic mass is 35.5. The normalized spacial score (nSPS) is 10.7. The molecule has 1 aromatic carbocycles. The Hall–Kier alpha value is -1.48. The van der Waals surface area contributed by atoms with E-state index in [0.29, 0.717) is 11.6 Å². The molecular weight excluding hydrogens is 214 g/mol. The number of carboxylic acids is 1. The third-order valence-corrected chi connectivity index (χ3v) is 2.54. The second-order valence-electron chi connectivity index (χ2n) is 3.36. The van der Waals surface area contributed by atoms with Crippen molar-refractivity contribution < 1.29 is 9.90 Å². The van der Waals surface area contributed by atoms with Crippen LogP contribution in [0.2, 0.25) is 5.02 Å². The van der Waals surface area contributed by atoms with Gasteiger partial charge < -0.3 is 9.67 Å². The third kappa shape index (κ3) is 2.13. The van der Waals surface area contributed by atoms with Crippen LogP contribution in [-0.2, 0) is 11.3 Å². The van der Waals surface area contributed by atoms with Crippen molar-refractivity contribution in [1.29, 1.82) is 0 Å². The summed E-state index contributed by atoms with van der Waals surface area (Å²) in [6.07, 6.45) is 2.00. The Balaban J connectivity index is 2.35. The molecule has 0 fully saturated rings. The van der Waals surface area contributed by atoms with E-state index in [2.05, 4.69) is 0 Å². The van der Waals surface area contributed by atoms with Gasteiger partial charge in [-0.3, -0.25) is 4.79 Å². The van der Waals surface area contributed by atoms with Gasteiger partial charge in [0.05, 0.1) is 6.42 Å². The summed E-state index contributed by atoms with van der Waals surface area (Å²) >= 11 is 5.88. The van der Waals surface area contributed by atoms with Crippen molar-refractivity contribution >= 4 is 28.5 Å². The summed E-state index contributed by atoms with van der Waals surface area (Å²) in [5.41, 5.74) is 0.976. The standard InChI is InChI=1S/C11H10ClNO2/c12-9-2-1-8-3-5-13(10(8)7-9)6-4-11(14)15/h1-3,5,7H,4,6H2,(H,14,15). The highest BCUT2D eigenvalue weighted by Crippen LogP contribution is 2.20. The van der Waals surface area contributed by atoms with E-state index in [1.165, 1.54) is 0 Å². The number of rotatable bonds is 3. The van der Waals surface area contributed by atoms with E-state index in [9.17, 15) is 4.79 Å². The fourth-order valence-corrected chi connectivity index (χ4v) is 1.73. The Labute approximate surface area is 91.9 Å². The molecule has 0 saturated carbocycles. The lowest BCUT2D eigenvalue weighted by molar-refractivity contribution is -0.137. The van der Waals surface area contributed by atoms with E-state index in [0.717, 1.165) is 10.9 Å². The van der Waals surface area contributed by atoms with Crippen LogP contribution in [0.3, 0.4) is 0 Å². The van der Waals surface area contributed by atoms with Gasteiger partial charge in [-0.2, -0.15) is 0 Å². The molecule has 4 heteroatoms. The Morgan fingerprint density at radius 3 is 2.93 bits per heavy atom. The van der Waals surface area contributed by atoms with Crippen molar-refractivity contribution in [2.45, 2.75) is 13.0 Å². The molecule has 0 amide bonds. The number of benzene rings is 1. The first-order chi connectivity index (χ1) is 7.16. The number of hydrogen-bond donors (Lipinski definition) is 1. The predicted octanol–water partition coefficient (Wildman–Crippen LogP) is 2.77. The Morgan fingerprint density at radius 2 is 2.20 bits per heavy atom. The molecule has 0 aliphatic heterocycles. The summed E-state index contributed by atoms with van der Waals surface area (Å²) in [4.78, 5) is 10.5. The lowest BCUT2D eigenvalue weighted by Crippen LogP contribution is -2.03. The fourth-order valence-electron chi connectivity index (χ4n) is 1.57. The van der Waals surface area contributed by atoms with Crippen molar-refractivity contribution in [1.82, 2.24) is 4.57 Å². The van der Waals surface area contributed by atoms with E-state index in [1.54, 1.807) is 0 Å². The molecule has 15 heavy (non-hydrogen) atoms. The number of nitrogens with zero attached hydrogens (tertiary/aromatic N) is 1. The lowest BCUT2D eigenvalue weighted by atomic mass is 10.2. The maximum atomic E-state index is 10.5. The fraction of sp³-hybridized carbons (Fsp3) is 0.182. The molecule has 0 atom stereocenters. The molecule has 2 rings (SSSR count). The first-order valence-electron chi connectivity index (χ1n) is 4.63. The second-order valence-corrected chi connectivity index (χ2v) is 3.79. The average Bonchev–Trinajstić information content (AvgIpc) is 2.57. The monoisotopic (exact) mass is 223 g/mol. The topological polar surface area (TPSA) is 42.2 Å². The van der Waals surface area contributed by atoms with Crippen molar-refractivity contribution in [2.75, 3.05) is 0 Å². The highest BCUT2D eigenvalue weighted by Gasteiger charge is 2.03. The van der Waals surface area contributed by atoms with Crippen LogP contribution in [0.15, 0.2) is 30.5 Å². The van der Waals surface area contributed by atoms with Gasteiger partial charge in [-0.15, -0.1) is 0 Å². The zero-order valence-corrected chi connectivity index (χ0v) is 8.74. The number of halogens is 1. The van der Waals surface area contributed by atoms with Crippen molar-refractivity contribution in [2.24, 2.45) is 0 Å². The number of aryl methyl sites for hydroxylation is 1. The number of fused-ring (bicyclic) bond motifs is 1. The smallest absolute Gasteiger partial charge is 0.305 e. The van der Waals surface area contributed by atoms with Crippen LogP contribution in [-0.4, -0.2) is 15.6 Å². The van der Waals surface area contributed by atoms with Gasteiger partial charge in [-0.25, -0.2) is 0 Å². The molecule has 1 N–H and O–H groups in total. The molecule has 0 spiro atoms. The van der Waals surface area contributed by atoms with Gasteiger partial charge in [0.2, 0.25) is 0 Å². The zero-order valence-electron chi connectivity index (χ0n) is 7.98. The van der Waals surface area contributed by atoms with Gasteiger partial charge in [0.25, 0.3) is 0 Å². The minimum atomic E-state index is -0.793. The number of aromatic nitrogens is 1. The summed E-state index contributed by atoms with van der Waals surface area (Å²) < 4.78 is 1.90. The third-order valence-electron chi connectivity index (χ3n) is 2.30. The zero-order chi connectivity index (χ0) is 10.8. The summed E-state index contributed by atoms with van der Waals surface area (Å²) in [7, 11) is 0. The van der Waals surface area contributed by atoms with Gasteiger partial charge in [-0.05, 0) is 23.6 Å². The Kier molecular flexibility index (Phi) is 2.64. The van der Waals surface area contributed by atoms with Gasteiger partial charge in [0.15, 0.2) is 0 Å². The quantitative estimate of drug-likeness (QED) is 0.870. The molecule has 0 unspecified atom stereocenters. The molecule has 0 saturated heterocycles. The maximum absolute atomic E-state index is 10.5. The number of carboxylic acid groups (broad SMARTS) is 1. The van der Waals surface area contributed by atoms with E-state index in [-0.39, 0.29) is 6.42 Å². The van der Waals surface area contributed by atoms with Crippen molar-refractivity contribution in [3.63, 3.8) is 0 Å². The first kappa shape index (κ1) is 10.1. The Bertz CT molecular complexity index is 504. The van der Waals surface area contributed by atoms with Crippen LogP contribution in [0, 0.1) is 0 Å². The first-order valence-corrected chi connectivity index (χ1v) is 5.01. The van der Waals surface area contributed by atoms with Gasteiger partial charge >= 0.3 is 5.97 Å². The number of hydrogen-bond acceptors (Lipinski definition) is 1. The number of carbonyl (C=O) groups is 1. The maximum Gasteiger partial charge on any atom is 0.305 e. The minimum absolute atomic E-state index is 0.121. The van der Waals surface area contributed by atoms with Gasteiger partial charge in [-0.1, -0.05) is 17.7 Å². The Morgan fingerprint density at radius 1 is 1.40 bits per heavy atom. The van der Waals surface area contributed by atoms with E-state index >= 15 is 0 Å². The van der Waals surface area contributed by atoms with Gasteiger partial charge in [0.1, 0.15) is 0 Å². The average molecular weight is 224 g/mol. The second kappa shape index (κ2) is 3.95. The molecule has 0 aliphatic rings. The van der Waals surface area contributed by atoms with E-state index < -0.39 is 5.97 Å². The van der Waals surface area contributed by atoms with Crippen LogP contribution >= 0.6 is 11.6 Å². The molecular formula is C11H10ClNO2. The lowest BCUT2D eigenvalue weighted by Gasteiger charge is -2.02. The molecule has 0 bridgehead atoms. The number of aliphatic carboxylic acids is 1. The van der Waals surface area contributed by atoms with E-state index in [4.69, 9.17) is 16.7 Å². The summed E-state index contributed by atoms with van der Waals surface area (Å²) in [5, 5.41) is 10.3. The molecule has 3 nitrogen and oxygen atoms in total. The van der Waals surface area contributed by atoms with Crippen LogP contribution in [0.4, 0.5) is 0 Å². The predicted molar refractivity (Wildman–Crippen MR) is 59.2 cm³/mol. The van der Waals surface area contributed by atoms with Crippen LogP contribution in [0.1, 0.15) is 6.42 Å². The highest BCUT2D eigenvalue weighted by molar-refractivity contribution is 6.31. The summed E-state index contributed by atoms with van der Waals surface area (Å²) in [6, 6.07) is 7.55. The molecule has 78 valence electrons. The molecule has 2 aromatic rings. The molecule has 0 radical (unpaired) electrons. The van der Waals surface area contributed by atoms with Gasteiger partial charge in [0, 0.05) is 23.3 Å². The summed E-state index contributed by atoms with van der Waals surface area (Å²) in [6.45, 7) is 0.471. The molecule has 1 aromatic heterocycles. The molecule has 0 aliphatic carbocycles. The minimum Gasteiger partial charge on any atom is -0.481 e. The van der Waals surface area contributed by atoms with Crippen LogP contribution < -0.4 is 0 Å². The van der Waals surface area contributed by atoms with Crippen molar-refractivity contribution in [3.8, 4) is 0 Å². The van der Waals surface area contributed by atoms with E-state index in [1.807, 2.05) is 35.0 Å². The SMILES string of the molecule is O=C(O)CCn1ccc2ccc(Cl)cc21. The van der Waals surface area contributed by atoms with Crippen molar-refractivity contribution in [3.05, 3.63) is 35.5 Å². The van der Waals surface area contributed by atoms with Crippen LogP contribution in [0.25, 0.3) is 10.9 Å². The van der Waals surface area contributed by atoms with Crippen LogP contribution in [0.5, 0.6) is 0 Å². The largest absolute Gasteiger partial charge is 0.481 e.